The number of unbranched alkanes of at least 4 members (excludes halogenated alkanes) is 9. The van der Waals surface area contributed by atoms with Crippen LogP contribution in [0.25, 0.3) is 0 Å². The summed E-state index contributed by atoms with van der Waals surface area (Å²) in [5, 5.41) is 0. The van der Waals surface area contributed by atoms with E-state index in [1.165, 1.54) is 76.5 Å². The van der Waals surface area contributed by atoms with Gasteiger partial charge >= 0.3 is 0 Å². The van der Waals surface area contributed by atoms with Gasteiger partial charge in [0, 0.05) is 18.7 Å². The molecule has 1 heterocycles. The van der Waals surface area contributed by atoms with Crippen LogP contribution in [0.4, 0.5) is 0 Å². The second-order valence-electron chi connectivity index (χ2n) is 6.90. The zero-order valence-electron chi connectivity index (χ0n) is 15.5. The molecule has 22 heavy (non-hydrogen) atoms. The molecule has 1 aromatic heterocycles. The van der Waals surface area contributed by atoms with Crippen LogP contribution in [0, 0.1) is 6.92 Å². The first-order chi connectivity index (χ1) is 10.7. The molecule has 0 radical (unpaired) electrons. The van der Waals surface area contributed by atoms with Crippen LogP contribution in [0.1, 0.15) is 109 Å². The van der Waals surface area contributed by atoms with E-state index in [4.69, 9.17) is 4.98 Å². The summed E-state index contributed by atoms with van der Waals surface area (Å²) in [6.07, 6.45) is 17.6. The Bertz CT molecular complexity index is 381. The van der Waals surface area contributed by atoms with Crippen molar-refractivity contribution < 1.29 is 0 Å². The highest BCUT2D eigenvalue weighted by molar-refractivity contribution is 5.06. The first kappa shape index (κ1) is 19.3. The van der Waals surface area contributed by atoms with Crippen molar-refractivity contribution in [2.75, 3.05) is 0 Å². The molecule has 1 aromatic rings. The predicted octanol–water partition coefficient (Wildman–Crippen LogP) is 6.63. The molecule has 0 aliphatic carbocycles. The number of hydrogen-bond acceptors (Lipinski definition) is 1. The Kier molecular flexibility index (Phi) is 10.3. The zero-order valence-corrected chi connectivity index (χ0v) is 15.5. The molecule has 0 aromatic carbocycles. The summed E-state index contributed by atoms with van der Waals surface area (Å²) >= 11 is 0. The van der Waals surface area contributed by atoms with E-state index < -0.39 is 0 Å². The number of imidazole rings is 1. The summed E-state index contributed by atoms with van der Waals surface area (Å²) in [6, 6.07) is 0. The fraction of sp³-hybridized carbons (Fsp3) is 0.850. The first-order valence-electron chi connectivity index (χ1n) is 9.72. The second-order valence-corrected chi connectivity index (χ2v) is 6.90. The quantitative estimate of drug-likeness (QED) is 0.374. The van der Waals surface area contributed by atoms with E-state index in [1.54, 1.807) is 0 Å². The van der Waals surface area contributed by atoms with Crippen molar-refractivity contribution in [2.45, 2.75) is 111 Å². The molecule has 1 atom stereocenters. The third-order valence-electron chi connectivity index (χ3n) is 4.70. The Hall–Kier alpha value is -0.790. The number of aromatic nitrogens is 2. The van der Waals surface area contributed by atoms with Crippen LogP contribution in [-0.2, 0) is 6.54 Å². The minimum atomic E-state index is 0.600. The minimum absolute atomic E-state index is 0.600. The van der Waals surface area contributed by atoms with Gasteiger partial charge < -0.3 is 4.57 Å². The normalized spacial score (nSPS) is 12.7. The fourth-order valence-corrected chi connectivity index (χ4v) is 3.28. The summed E-state index contributed by atoms with van der Waals surface area (Å²) in [5.41, 5.74) is 1.16. The maximum absolute atomic E-state index is 4.71. The maximum Gasteiger partial charge on any atom is 0.111 e. The molecular weight excluding hydrogens is 268 g/mol. The van der Waals surface area contributed by atoms with Gasteiger partial charge in [-0.2, -0.15) is 0 Å². The predicted molar refractivity (Wildman–Crippen MR) is 97.5 cm³/mol. The van der Waals surface area contributed by atoms with E-state index in [0.717, 1.165) is 12.2 Å². The van der Waals surface area contributed by atoms with Crippen molar-refractivity contribution in [1.29, 1.82) is 0 Å². The van der Waals surface area contributed by atoms with Gasteiger partial charge in [0.2, 0.25) is 0 Å². The van der Waals surface area contributed by atoms with E-state index in [2.05, 4.69) is 38.5 Å². The third-order valence-corrected chi connectivity index (χ3v) is 4.70. The van der Waals surface area contributed by atoms with Crippen molar-refractivity contribution in [3.8, 4) is 0 Å². The molecule has 0 spiro atoms. The van der Waals surface area contributed by atoms with Crippen molar-refractivity contribution in [2.24, 2.45) is 0 Å². The lowest BCUT2D eigenvalue weighted by Gasteiger charge is -2.12. The van der Waals surface area contributed by atoms with Gasteiger partial charge in [-0.1, -0.05) is 78.1 Å². The smallest absolute Gasteiger partial charge is 0.111 e. The van der Waals surface area contributed by atoms with Crippen LogP contribution in [0.2, 0.25) is 0 Å². The SMILES string of the molecule is CCCCCCCCCCCCC(C)c1nc(C)cn1CC. The van der Waals surface area contributed by atoms with Gasteiger partial charge in [0.05, 0.1) is 5.69 Å². The van der Waals surface area contributed by atoms with Crippen LogP contribution < -0.4 is 0 Å². The third kappa shape index (κ3) is 7.47. The topological polar surface area (TPSA) is 17.8 Å². The Morgan fingerprint density at radius 3 is 2.00 bits per heavy atom. The van der Waals surface area contributed by atoms with Crippen LogP contribution >= 0.6 is 0 Å². The fourth-order valence-electron chi connectivity index (χ4n) is 3.28. The Labute approximate surface area is 138 Å². The van der Waals surface area contributed by atoms with Crippen molar-refractivity contribution >= 4 is 0 Å². The van der Waals surface area contributed by atoms with Crippen LogP contribution in [0.3, 0.4) is 0 Å². The molecule has 0 aliphatic rings. The monoisotopic (exact) mass is 306 g/mol. The summed E-state index contributed by atoms with van der Waals surface area (Å²) in [4.78, 5) is 4.71. The number of rotatable bonds is 13. The molecule has 1 unspecified atom stereocenters. The lowest BCUT2D eigenvalue weighted by molar-refractivity contribution is 0.517. The highest BCUT2D eigenvalue weighted by Gasteiger charge is 2.12. The summed E-state index contributed by atoms with van der Waals surface area (Å²) in [7, 11) is 0. The summed E-state index contributed by atoms with van der Waals surface area (Å²) in [6.45, 7) is 9.97. The highest BCUT2D eigenvalue weighted by Crippen LogP contribution is 2.22. The molecule has 1 rings (SSSR count). The van der Waals surface area contributed by atoms with Gasteiger partial charge in [0.15, 0.2) is 0 Å². The van der Waals surface area contributed by atoms with Gasteiger partial charge in [0.25, 0.3) is 0 Å². The molecule has 128 valence electrons. The molecule has 0 fully saturated rings. The van der Waals surface area contributed by atoms with E-state index in [0.29, 0.717) is 5.92 Å². The average Bonchev–Trinajstić information content (AvgIpc) is 2.90. The molecule has 0 saturated carbocycles. The van der Waals surface area contributed by atoms with Gasteiger partial charge in [-0.05, 0) is 20.3 Å². The van der Waals surface area contributed by atoms with Crippen molar-refractivity contribution in [1.82, 2.24) is 9.55 Å². The number of hydrogen-bond donors (Lipinski definition) is 0. The minimum Gasteiger partial charge on any atom is -0.335 e. The van der Waals surface area contributed by atoms with Crippen LogP contribution in [-0.4, -0.2) is 9.55 Å². The maximum atomic E-state index is 4.71. The van der Waals surface area contributed by atoms with E-state index in [-0.39, 0.29) is 0 Å². The van der Waals surface area contributed by atoms with E-state index >= 15 is 0 Å². The Morgan fingerprint density at radius 2 is 1.45 bits per heavy atom. The summed E-state index contributed by atoms with van der Waals surface area (Å²) in [5.74, 6) is 1.89. The van der Waals surface area contributed by atoms with Crippen molar-refractivity contribution in [3.63, 3.8) is 0 Å². The molecule has 0 aliphatic heterocycles. The number of nitrogens with zero attached hydrogens (tertiary/aromatic N) is 2. The standard InChI is InChI=1S/C20H38N2/c1-5-7-8-9-10-11-12-13-14-15-16-18(3)20-21-19(4)17-22(20)6-2/h17-18H,5-16H2,1-4H3. The van der Waals surface area contributed by atoms with Gasteiger partial charge in [-0.25, -0.2) is 4.98 Å². The molecule has 2 heteroatoms. The highest BCUT2D eigenvalue weighted by atomic mass is 15.1. The first-order valence-corrected chi connectivity index (χ1v) is 9.72. The molecule has 0 N–H and O–H groups in total. The molecule has 0 saturated heterocycles. The summed E-state index contributed by atoms with van der Waals surface area (Å²) < 4.78 is 2.32. The Balaban J connectivity index is 2.04. The molecule has 0 amide bonds. The van der Waals surface area contributed by atoms with E-state index in [1.807, 2.05) is 0 Å². The van der Waals surface area contributed by atoms with Gasteiger partial charge in [-0.3, -0.25) is 0 Å². The van der Waals surface area contributed by atoms with E-state index in [9.17, 15) is 0 Å². The lowest BCUT2D eigenvalue weighted by atomic mass is 10.0. The van der Waals surface area contributed by atoms with Gasteiger partial charge in [0.1, 0.15) is 5.82 Å². The zero-order chi connectivity index (χ0) is 16.2. The van der Waals surface area contributed by atoms with Gasteiger partial charge in [-0.15, -0.1) is 0 Å². The lowest BCUT2D eigenvalue weighted by Crippen LogP contribution is -2.05. The molecule has 0 bridgehead atoms. The largest absolute Gasteiger partial charge is 0.335 e. The second kappa shape index (κ2) is 11.7. The van der Waals surface area contributed by atoms with Crippen LogP contribution in [0.5, 0.6) is 0 Å². The van der Waals surface area contributed by atoms with Crippen molar-refractivity contribution in [3.05, 3.63) is 17.7 Å². The molecular formula is C20H38N2. The Morgan fingerprint density at radius 1 is 0.909 bits per heavy atom. The number of aryl methyl sites for hydroxylation is 2. The molecule has 2 nitrogen and oxygen atoms in total. The average molecular weight is 307 g/mol. The van der Waals surface area contributed by atoms with Crippen LogP contribution in [0.15, 0.2) is 6.20 Å².